The predicted octanol–water partition coefficient (Wildman–Crippen LogP) is 3.51. The van der Waals surface area contributed by atoms with Crippen molar-refractivity contribution in [3.63, 3.8) is 0 Å². The summed E-state index contributed by atoms with van der Waals surface area (Å²) in [5.74, 6) is 0.136. The fraction of sp³-hybridized carbons (Fsp3) is 0.263. The summed E-state index contributed by atoms with van der Waals surface area (Å²) in [6, 6.07) is 13.6. The summed E-state index contributed by atoms with van der Waals surface area (Å²) < 4.78 is 21.8. The van der Waals surface area contributed by atoms with E-state index in [-0.39, 0.29) is 6.10 Å². The topological polar surface area (TPSA) is 77.3 Å². The van der Waals surface area contributed by atoms with Crippen LogP contribution in [0.1, 0.15) is 29.3 Å². The average molecular weight is 372 g/mol. The van der Waals surface area contributed by atoms with Gasteiger partial charge in [0.25, 0.3) is 5.91 Å². The molecule has 0 aliphatic carbocycles. The van der Waals surface area contributed by atoms with Gasteiger partial charge in [0.05, 0.1) is 22.6 Å². The highest BCUT2D eigenvalue weighted by Gasteiger charge is 2.18. The lowest BCUT2D eigenvalue weighted by atomic mass is 10.0. The molecule has 7 heteroatoms. The molecule has 2 aromatic carbocycles. The van der Waals surface area contributed by atoms with Crippen LogP contribution in [0.4, 0.5) is 0 Å². The molecule has 26 heavy (non-hydrogen) atoms. The van der Waals surface area contributed by atoms with E-state index in [0.717, 1.165) is 17.7 Å². The van der Waals surface area contributed by atoms with Crippen LogP contribution in [0.15, 0.2) is 62.9 Å². The van der Waals surface area contributed by atoms with Gasteiger partial charge in [-0.05, 0) is 48.9 Å². The molecule has 2 atom stereocenters. The van der Waals surface area contributed by atoms with Crippen molar-refractivity contribution in [3.05, 3.63) is 59.7 Å². The van der Waals surface area contributed by atoms with Crippen molar-refractivity contribution in [2.24, 2.45) is 9.52 Å². The van der Waals surface area contributed by atoms with E-state index < -0.39 is 15.6 Å². The van der Waals surface area contributed by atoms with Crippen LogP contribution in [0.5, 0.6) is 5.75 Å². The highest BCUT2D eigenvalue weighted by molar-refractivity contribution is 7.93. The molecule has 0 bridgehead atoms. The Morgan fingerprint density at radius 1 is 1.19 bits per heavy atom. The molecule has 1 amide bonds. The standard InChI is InChI=1S/C19H20N2O4S/c1-13-12-18(20-25-13)14-4-6-15(7-5-14)19(22)21-26(3,23)17-10-8-16(24-2)9-11-17/h4-11,13H,12H2,1-3H3. The first-order valence-electron chi connectivity index (χ1n) is 8.13. The molecule has 0 N–H and O–H groups in total. The number of amides is 1. The molecular formula is C19H20N2O4S. The lowest BCUT2D eigenvalue weighted by molar-refractivity contribution is 0.0994. The van der Waals surface area contributed by atoms with E-state index >= 15 is 0 Å². The normalized spacial score (nSPS) is 18.4. The van der Waals surface area contributed by atoms with Crippen LogP contribution < -0.4 is 4.74 Å². The molecule has 0 aromatic heterocycles. The lowest BCUT2D eigenvalue weighted by Crippen LogP contribution is -2.05. The Balaban J connectivity index is 1.81. The molecule has 1 heterocycles. The number of hydrogen-bond acceptors (Lipinski definition) is 5. The third-order valence-corrected chi connectivity index (χ3v) is 5.70. The Bertz CT molecular complexity index is 956. The van der Waals surface area contributed by atoms with Gasteiger partial charge in [0.1, 0.15) is 11.9 Å². The molecule has 0 fully saturated rings. The molecule has 0 radical (unpaired) electrons. The first-order chi connectivity index (χ1) is 12.4. The van der Waals surface area contributed by atoms with E-state index in [9.17, 15) is 9.00 Å². The monoisotopic (exact) mass is 372 g/mol. The molecule has 2 aromatic rings. The highest BCUT2D eigenvalue weighted by atomic mass is 32.2. The van der Waals surface area contributed by atoms with Crippen molar-refractivity contribution in [2.45, 2.75) is 24.3 Å². The summed E-state index contributed by atoms with van der Waals surface area (Å²) in [7, 11) is -1.28. The smallest absolute Gasteiger partial charge is 0.285 e. The zero-order chi connectivity index (χ0) is 18.7. The highest BCUT2D eigenvalue weighted by Crippen LogP contribution is 2.19. The van der Waals surface area contributed by atoms with Crippen LogP contribution in [0, 0.1) is 0 Å². The molecule has 3 rings (SSSR count). The van der Waals surface area contributed by atoms with E-state index in [1.807, 2.05) is 6.92 Å². The minimum atomic E-state index is -2.84. The Morgan fingerprint density at radius 2 is 1.85 bits per heavy atom. The molecule has 1 aliphatic rings. The van der Waals surface area contributed by atoms with Crippen LogP contribution in [0.2, 0.25) is 0 Å². The van der Waals surface area contributed by atoms with Gasteiger partial charge < -0.3 is 9.57 Å². The SMILES string of the molecule is COc1ccc(S(C)(=O)=NC(=O)c2ccc(C3=NOC(C)C3)cc2)cc1. The second kappa shape index (κ2) is 7.29. The number of carbonyl (C=O) groups is 1. The number of ether oxygens (including phenoxy) is 1. The fourth-order valence-corrected chi connectivity index (χ4v) is 3.74. The van der Waals surface area contributed by atoms with E-state index in [2.05, 4.69) is 9.52 Å². The Labute approximate surface area is 153 Å². The Kier molecular flexibility index (Phi) is 5.08. The lowest BCUT2D eigenvalue weighted by Gasteiger charge is -2.06. The number of nitrogens with zero attached hydrogens (tertiary/aromatic N) is 2. The maximum atomic E-state index is 12.8. The predicted molar refractivity (Wildman–Crippen MR) is 100 cm³/mol. The van der Waals surface area contributed by atoms with Gasteiger partial charge in [-0.15, -0.1) is 0 Å². The quantitative estimate of drug-likeness (QED) is 0.823. The van der Waals surface area contributed by atoms with Crippen LogP contribution in [0.3, 0.4) is 0 Å². The Morgan fingerprint density at radius 3 is 2.38 bits per heavy atom. The molecule has 1 aliphatic heterocycles. The average Bonchev–Trinajstić information content (AvgIpc) is 3.08. The number of oxime groups is 1. The number of carbonyl (C=O) groups excluding carboxylic acids is 1. The fourth-order valence-electron chi connectivity index (χ4n) is 2.57. The second-order valence-electron chi connectivity index (χ2n) is 6.11. The number of rotatable bonds is 4. The van der Waals surface area contributed by atoms with Crippen LogP contribution >= 0.6 is 0 Å². The van der Waals surface area contributed by atoms with Gasteiger partial charge in [0.2, 0.25) is 0 Å². The molecule has 6 nitrogen and oxygen atoms in total. The van der Waals surface area contributed by atoms with E-state index in [1.54, 1.807) is 55.6 Å². The summed E-state index contributed by atoms with van der Waals surface area (Å²) >= 11 is 0. The zero-order valence-corrected chi connectivity index (χ0v) is 15.7. The van der Waals surface area contributed by atoms with Crippen molar-refractivity contribution < 1.29 is 18.6 Å². The molecule has 2 unspecified atom stereocenters. The third kappa shape index (κ3) is 3.94. The summed E-state index contributed by atoms with van der Waals surface area (Å²) in [6.45, 7) is 1.95. The van der Waals surface area contributed by atoms with Crippen LogP contribution in [-0.2, 0) is 14.6 Å². The van der Waals surface area contributed by atoms with Crippen molar-refractivity contribution in [1.82, 2.24) is 0 Å². The van der Waals surface area contributed by atoms with Crippen molar-refractivity contribution in [1.29, 1.82) is 0 Å². The van der Waals surface area contributed by atoms with Crippen molar-refractivity contribution in [2.75, 3.05) is 13.4 Å². The van der Waals surface area contributed by atoms with Crippen LogP contribution in [0.25, 0.3) is 0 Å². The van der Waals surface area contributed by atoms with Gasteiger partial charge in [-0.25, -0.2) is 4.21 Å². The third-order valence-electron chi connectivity index (χ3n) is 4.04. The van der Waals surface area contributed by atoms with Gasteiger partial charge in [-0.1, -0.05) is 17.3 Å². The van der Waals surface area contributed by atoms with E-state index in [0.29, 0.717) is 16.2 Å². The summed E-state index contributed by atoms with van der Waals surface area (Å²) in [6.07, 6.45) is 2.25. The molecule has 0 saturated heterocycles. The van der Waals surface area contributed by atoms with Gasteiger partial charge in [0, 0.05) is 23.1 Å². The molecular weight excluding hydrogens is 352 g/mol. The number of methoxy groups -OCH3 is 1. The van der Waals surface area contributed by atoms with E-state index in [1.165, 1.54) is 6.26 Å². The van der Waals surface area contributed by atoms with Gasteiger partial charge in [-0.3, -0.25) is 4.79 Å². The zero-order valence-electron chi connectivity index (χ0n) is 14.8. The van der Waals surface area contributed by atoms with Gasteiger partial charge >= 0.3 is 0 Å². The largest absolute Gasteiger partial charge is 0.497 e. The summed E-state index contributed by atoms with van der Waals surface area (Å²) in [5, 5.41) is 4.03. The minimum Gasteiger partial charge on any atom is -0.497 e. The maximum absolute atomic E-state index is 12.8. The molecule has 136 valence electrons. The van der Waals surface area contributed by atoms with Crippen molar-refractivity contribution in [3.8, 4) is 5.75 Å². The second-order valence-corrected chi connectivity index (χ2v) is 8.37. The molecule has 0 saturated carbocycles. The minimum absolute atomic E-state index is 0.0653. The van der Waals surface area contributed by atoms with Gasteiger partial charge in [0.15, 0.2) is 0 Å². The van der Waals surface area contributed by atoms with Gasteiger partial charge in [-0.2, -0.15) is 4.36 Å². The first-order valence-corrected chi connectivity index (χ1v) is 10.0. The maximum Gasteiger partial charge on any atom is 0.285 e. The number of hydrogen-bond donors (Lipinski definition) is 0. The number of benzene rings is 2. The summed E-state index contributed by atoms with van der Waals surface area (Å²) in [4.78, 5) is 18.1. The van der Waals surface area contributed by atoms with Crippen molar-refractivity contribution >= 4 is 21.3 Å². The summed E-state index contributed by atoms with van der Waals surface area (Å²) in [5.41, 5.74) is 2.13. The first kappa shape index (κ1) is 18.1. The van der Waals surface area contributed by atoms with E-state index in [4.69, 9.17) is 9.57 Å². The van der Waals surface area contributed by atoms with Crippen LogP contribution in [-0.4, -0.2) is 35.3 Å². The molecule has 0 spiro atoms. The Hall–Kier alpha value is -2.67.